The van der Waals surface area contributed by atoms with Crippen LogP contribution in [0.2, 0.25) is 0 Å². The SMILES string of the molecule is CCC1CN(CCC(=O)Nc2ccccc2CN)CCO1. The number of nitrogens with one attached hydrogen (secondary N) is 1. The Labute approximate surface area is 126 Å². The van der Waals surface area contributed by atoms with Gasteiger partial charge < -0.3 is 15.8 Å². The molecule has 1 heterocycles. The van der Waals surface area contributed by atoms with Gasteiger partial charge in [0.1, 0.15) is 0 Å². The maximum absolute atomic E-state index is 12.1. The van der Waals surface area contributed by atoms with Gasteiger partial charge in [-0.2, -0.15) is 0 Å². The van der Waals surface area contributed by atoms with E-state index in [1.54, 1.807) is 0 Å². The van der Waals surface area contributed by atoms with E-state index in [4.69, 9.17) is 10.5 Å². The van der Waals surface area contributed by atoms with Crippen LogP contribution in [0, 0.1) is 0 Å². The van der Waals surface area contributed by atoms with Gasteiger partial charge in [0.15, 0.2) is 0 Å². The third kappa shape index (κ3) is 4.81. The van der Waals surface area contributed by atoms with Crippen molar-refractivity contribution >= 4 is 11.6 Å². The minimum Gasteiger partial charge on any atom is -0.376 e. The summed E-state index contributed by atoms with van der Waals surface area (Å²) >= 11 is 0. The number of ether oxygens (including phenoxy) is 1. The topological polar surface area (TPSA) is 67.6 Å². The van der Waals surface area contributed by atoms with Gasteiger partial charge in [-0.1, -0.05) is 25.1 Å². The average molecular weight is 291 g/mol. The van der Waals surface area contributed by atoms with E-state index in [0.29, 0.717) is 19.1 Å². The lowest BCUT2D eigenvalue weighted by atomic mass is 10.1. The van der Waals surface area contributed by atoms with Gasteiger partial charge >= 0.3 is 0 Å². The second-order valence-electron chi connectivity index (χ2n) is 5.36. The summed E-state index contributed by atoms with van der Waals surface area (Å²) in [7, 11) is 0. The molecule has 1 amide bonds. The van der Waals surface area contributed by atoms with Crippen molar-refractivity contribution in [1.29, 1.82) is 0 Å². The molecule has 0 saturated carbocycles. The van der Waals surface area contributed by atoms with Crippen LogP contribution in [0.15, 0.2) is 24.3 Å². The van der Waals surface area contributed by atoms with Crippen LogP contribution in [-0.2, 0) is 16.1 Å². The van der Waals surface area contributed by atoms with Crippen LogP contribution in [-0.4, -0.2) is 43.2 Å². The van der Waals surface area contributed by atoms with Crippen molar-refractivity contribution in [2.24, 2.45) is 5.73 Å². The molecule has 0 aromatic heterocycles. The molecule has 0 radical (unpaired) electrons. The highest BCUT2D eigenvalue weighted by molar-refractivity contribution is 5.91. The van der Waals surface area contributed by atoms with Crippen molar-refractivity contribution in [2.75, 3.05) is 31.6 Å². The second kappa shape index (κ2) is 8.12. The van der Waals surface area contributed by atoms with Crippen molar-refractivity contribution in [3.8, 4) is 0 Å². The average Bonchev–Trinajstić information content (AvgIpc) is 2.53. The van der Waals surface area contributed by atoms with Crippen LogP contribution in [0.1, 0.15) is 25.3 Å². The fraction of sp³-hybridized carbons (Fsp3) is 0.562. The van der Waals surface area contributed by atoms with Crippen molar-refractivity contribution in [3.05, 3.63) is 29.8 Å². The van der Waals surface area contributed by atoms with Gasteiger partial charge in [0.25, 0.3) is 0 Å². The lowest BCUT2D eigenvalue weighted by Gasteiger charge is -2.32. The standard InChI is InChI=1S/C16H25N3O2/c1-2-14-12-19(9-10-21-14)8-7-16(20)18-15-6-4-3-5-13(15)11-17/h3-6,14H,2,7-12,17H2,1H3,(H,18,20). The molecule has 2 rings (SSSR count). The number of carbonyl (C=O) groups is 1. The van der Waals surface area contributed by atoms with Gasteiger partial charge in [0, 0.05) is 38.3 Å². The highest BCUT2D eigenvalue weighted by atomic mass is 16.5. The fourth-order valence-corrected chi connectivity index (χ4v) is 2.52. The normalized spacial score (nSPS) is 19.4. The predicted molar refractivity (Wildman–Crippen MR) is 84.1 cm³/mol. The minimum absolute atomic E-state index is 0.0374. The van der Waals surface area contributed by atoms with Crippen LogP contribution in [0.4, 0.5) is 5.69 Å². The van der Waals surface area contributed by atoms with Crippen LogP contribution >= 0.6 is 0 Å². The molecule has 1 aliphatic heterocycles. The number of hydrogen-bond acceptors (Lipinski definition) is 4. The fourth-order valence-electron chi connectivity index (χ4n) is 2.52. The number of rotatable bonds is 6. The summed E-state index contributed by atoms with van der Waals surface area (Å²) in [6.07, 6.45) is 1.82. The number of amides is 1. The first-order valence-corrected chi connectivity index (χ1v) is 7.64. The molecule has 1 aromatic carbocycles. The Morgan fingerprint density at radius 2 is 2.29 bits per heavy atom. The Balaban J connectivity index is 1.79. The number of para-hydroxylation sites is 1. The summed E-state index contributed by atoms with van der Waals surface area (Å²) in [5.41, 5.74) is 7.45. The minimum atomic E-state index is 0.0374. The Kier molecular flexibility index (Phi) is 6.17. The summed E-state index contributed by atoms with van der Waals surface area (Å²) in [5, 5.41) is 2.95. The zero-order valence-corrected chi connectivity index (χ0v) is 12.7. The monoisotopic (exact) mass is 291 g/mol. The number of hydrogen-bond donors (Lipinski definition) is 2. The number of nitrogens with two attached hydrogens (primary N) is 1. The number of anilines is 1. The van der Waals surface area contributed by atoms with Crippen LogP contribution < -0.4 is 11.1 Å². The molecular weight excluding hydrogens is 266 g/mol. The zero-order chi connectivity index (χ0) is 15.1. The maximum atomic E-state index is 12.1. The van der Waals surface area contributed by atoms with E-state index in [1.165, 1.54) is 0 Å². The highest BCUT2D eigenvalue weighted by Crippen LogP contribution is 2.14. The van der Waals surface area contributed by atoms with Gasteiger partial charge in [-0.3, -0.25) is 9.69 Å². The predicted octanol–water partition coefficient (Wildman–Crippen LogP) is 1.58. The summed E-state index contributed by atoms with van der Waals surface area (Å²) in [5.74, 6) is 0.0374. The highest BCUT2D eigenvalue weighted by Gasteiger charge is 2.19. The second-order valence-corrected chi connectivity index (χ2v) is 5.36. The molecule has 0 spiro atoms. The molecule has 0 bridgehead atoms. The third-order valence-corrected chi connectivity index (χ3v) is 3.84. The van der Waals surface area contributed by atoms with Gasteiger partial charge in [0.05, 0.1) is 12.7 Å². The lowest BCUT2D eigenvalue weighted by molar-refractivity contribution is -0.117. The molecule has 1 fully saturated rings. The van der Waals surface area contributed by atoms with Crippen molar-refractivity contribution < 1.29 is 9.53 Å². The first-order valence-electron chi connectivity index (χ1n) is 7.64. The van der Waals surface area contributed by atoms with Crippen molar-refractivity contribution in [1.82, 2.24) is 4.90 Å². The van der Waals surface area contributed by atoms with E-state index in [1.807, 2.05) is 24.3 Å². The first kappa shape index (κ1) is 15.9. The van der Waals surface area contributed by atoms with Gasteiger partial charge in [0.2, 0.25) is 5.91 Å². The van der Waals surface area contributed by atoms with Gasteiger partial charge in [-0.05, 0) is 18.1 Å². The molecule has 1 atom stereocenters. The summed E-state index contributed by atoms with van der Waals surface area (Å²) in [6, 6.07) is 7.66. The Hall–Kier alpha value is -1.43. The molecule has 116 valence electrons. The maximum Gasteiger partial charge on any atom is 0.225 e. The van der Waals surface area contributed by atoms with E-state index < -0.39 is 0 Å². The quantitative estimate of drug-likeness (QED) is 0.835. The van der Waals surface area contributed by atoms with Crippen LogP contribution in [0.5, 0.6) is 0 Å². The summed E-state index contributed by atoms with van der Waals surface area (Å²) < 4.78 is 5.63. The molecule has 5 heteroatoms. The van der Waals surface area contributed by atoms with E-state index in [-0.39, 0.29) is 5.91 Å². The summed E-state index contributed by atoms with van der Waals surface area (Å²) in [6.45, 7) is 5.92. The molecule has 21 heavy (non-hydrogen) atoms. The van der Waals surface area contributed by atoms with Gasteiger partial charge in [-0.15, -0.1) is 0 Å². The van der Waals surface area contributed by atoms with Crippen molar-refractivity contribution in [3.63, 3.8) is 0 Å². The largest absolute Gasteiger partial charge is 0.376 e. The Morgan fingerprint density at radius 3 is 3.05 bits per heavy atom. The molecule has 1 aromatic rings. The molecule has 1 unspecified atom stereocenters. The molecular formula is C16H25N3O2. The van der Waals surface area contributed by atoms with Crippen LogP contribution in [0.25, 0.3) is 0 Å². The lowest BCUT2D eigenvalue weighted by Crippen LogP contribution is -2.43. The number of carbonyl (C=O) groups excluding carboxylic acids is 1. The smallest absolute Gasteiger partial charge is 0.225 e. The third-order valence-electron chi connectivity index (χ3n) is 3.84. The van der Waals surface area contributed by atoms with E-state index in [2.05, 4.69) is 17.1 Å². The number of nitrogens with zero attached hydrogens (tertiary/aromatic N) is 1. The number of benzene rings is 1. The Bertz CT molecular complexity index is 465. The van der Waals surface area contributed by atoms with E-state index >= 15 is 0 Å². The van der Waals surface area contributed by atoms with Gasteiger partial charge in [-0.25, -0.2) is 0 Å². The molecule has 0 aliphatic carbocycles. The summed E-state index contributed by atoms with van der Waals surface area (Å²) in [4.78, 5) is 14.4. The van der Waals surface area contributed by atoms with E-state index in [0.717, 1.165) is 43.9 Å². The Morgan fingerprint density at radius 1 is 1.48 bits per heavy atom. The van der Waals surface area contributed by atoms with E-state index in [9.17, 15) is 4.79 Å². The van der Waals surface area contributed by atoms with Crippen LogP contribution in [0.3, 0.4) is 0 Å². The molecule has 3 N–H and O–H groups in total. The molecule has 5 nitrogen and oxygen atoms in total. The first-order chi connectivity index (χ1) is 10.2. The molecule has 1 saturated heterocycles. The zero-order valence-electron chi connectivity index (χ0n) is 12.7. The number of morpholine rings is 1. The molecule has 1 aliphatic rings. The van der Waals surface area contributed by atoms with Crippen molar-refractivity contribution in [2.45, 2.75) is 32.4 Å².